The monoisotopic (exact) mass is 428 g/mol. The lowest BCUT2D eigenvalue weighted by Crippen LogP contribution is -2.47. The number of fused-ring (bicyclic) bond motifs is 5. The summed E-state index contributed by atoms with van der Waals surface area (Å²) in [5.74, 6) is 0.580. The van der Waals surface area contributed by atoms with Crippen LogP contribution in [-0.2, 0) is 15.0 Å². The SMILES string of the molecule is CCCN1C(=O)[C@]2(CC(=O)Nc3c2c(C)nn3-c2ncnc3nc[nH]c23)c2ccccc21. The van der Waals surface area contributed by atoms with E-state index >= 15 is 0 Å². The molecule has 0 saturated carbocycles. The first kappa shape index (κ1) is 18.7. The average molecular weight is 428 g/mol. The van der Waals surface area contributed by atoms with Crippen LogP contribution in [0.3, 0.4) is 0 Å². The van der Waals surface area contributed by atoms with Crippen molar-refractivity contribution in [2.45, 2.75) is 32.1 Å². The van der Waals surface area contributed by atoms with Crippen LogP contribution in [0.4, 0.5) is 11.5 Å². The Hall–Kier alpha value is -4.08. The highest BCUT2D eigenvalue weighted by Gasteiger charge is 2.57. The standard InChI is InChI=1S/C22H20N8O2/c1-3-8-29-14-7-5-4-6-13(14)22(21(29)32)9-15(31)27-19-16(22)12(2)28-30(19)20-17-18(24-10-23-17)25-11-26-20/h4-7,10-11H,3,8-9H2,1-2H3,(H,27,31)(H,23,24,25,26)/t22-/m1/s1. The van der Waals surface area contributed by atoms with Gasteiger partial charge in [0, 0.05) is 24.2 Å². The Balaban J connectivity index is 1.65. The number of imidazole rings is 1. The minimum atomic E-state index is -1.12. The van der Waals surface area contributed by atoms with Crippen LogP contribution in [-0.4, -0.2) is 48.1 Å². The number of aromatic amines is 1. The van der Waals surface area contributed by atoms with Gasteiger partial charge >= 0.3 is 0 Å². The minimum absolute atomic E-state index is 0.0336. The highest BCUT2D eigenvalue weighted by atomic mass is 16.2. The normalized spacial score (nSPS) is 19.5. The van der Waals surface area contributed by atoms with Crippen molar-refractivity contribution < 1.29 is 9.59 Å². The number of carbonyl (C=O) groups is 2. The summed E-state index contributed by atoms with van der Waals surface area (Å²) in [6.07, 6.45) is 3.78. The highest BCUT2D eigenvalue weighted by molar-refractivity contribution is 6.16. The molecule has 2 aliphatic heterocycles. The Morgan fingerprint density at radius 3 is 2.84 bits per heavy atom. The number of para-hydroxylation sites is 1. The highest BCUT2D eigenvalue weighted by Crippen LogP contribution is 2.53. The molecule has 1 aromatic carbocycles. The molecule has 0 fully saturated rings. The van der Waals surface area contributed by atoms with E-state index in [-0.39, 0.29) is 18.2 Å². The fourth-order valence-electron chi connectivity index (χ4n) is 5.11. The van der Waals surface area contributed by atoms with Crippen LogP contribution in [0, 0.1) is 6.92 Å². The number of H-pyrrole nitrogens is 1. The fraction of sp³-hybridized carbons (Fsp3) is 0.273. The molecule has 2 aliphatic rings. The van der Waals surface area contributed by atoms with E-state index in [1.54, 1.807) is 9.58 Å². The van der Waals surface area contributed by atoms with Gasteiger partial charge in [-0.05, 0) is 25.0 Å². The van der Waals surface area contributed by atoms with Crippen LogP contribution in [0.1, 0.15) is 36.6 Å². The molecule has 0 saturated heterocycles. The van der Waals surface area contributed by atoms with Crippen molar-refractivity contribution in [3.05, 3.63) is 53.7 Å². The van der Waals surface area contributed by atoms with E-state index in [0.717, 1.165) is 17.7 Å². The summed E-state index contributed by atoms with van der Waals surface area (Å²) in [6.45, 7) is 4.48. The smallest absolute Gasteiger partial charge is 0.242 e. The van der Waals surface area contributed by atoms with E-state index in [9.17, 15) is 9.59 Å². The zero-order valence-electron chi connectivity index (χ0n) is 17.6. The molecule has 0 bridgehead atoms. The Morgan fingerprint density at radius 1 is 1.16 bits per heavy atom. The summed E-state index contributed by atoms with van der Waals surface area (Å²) in [5.41, 5.74) is 3.03. The number of carbonyl (C=O) groups excluding carboxylic acids is 2. The number of hydrogen-bond acceptors (Lipinski definition) is 6. The van der Waals surface area contributed by atoms with Crippen LogP contribution in [0.15, 0.2) is 36.9 Å². The number of anilines is 2. The maximum atomic E-state index is 14.0. The van der Waals surface area contributed by atoms with Crippen molar-refractivity contribution in [3.8, 4) is 5.82 Å². The van der Waals surface area contributed by atoms with Crippen LogP contribution < -0.4 is 10.2 Å². The van der Waals surface area contributed by atoms with Gasteiger partial charge in [0.25, 0.3) is 0 Å². The van der Waals surface area contributed by atoms with Gasteiger partial charge < -0.3 is 15.2 Å². The van der Waals surface area contributed by atoms with Crippen molar-refractivity contribution in [3.63, 3.8) is 0 Å². The molecule has 32 heavy (non-hydrogen) atoms. The Kier molecular flexibility index (Phi) is 3.77. The Bertz CT molecular complexity index is 1420. The number of benzene rings is 1. The maximum Gasteiger partial charge on any atom is 0.242 e. The molecule has 2 N–H and O–H groups in total. The summed E-state index contributed by atoms with van der Waals surface area (Å²) in [7, 11) is 0. The van der Waals surface area contributed by atoms with Gasteiger partial charge in [0.2, 0.25) is 11.8 Å². The van der Waals surface area contributed by atoms with E-state index in [2.05, 4.69) is 25.3 Å². The van der Waals surface area contributed by atoms with E-state index in [1.165, 1.54) is 12.7 Å². The van der Waals surface area contributed by atoms with Crippen LogP contribution in [0.2, 0.25) is 0 Å². The van der Waals surface area contributed by atoms with Gasteiger partial charge in [-0.3, -0.25) is 9.59 Å². The van der Waals surface area contributed by atoms with Gasteiger partial charge in [-0.1, -0.05) is 25.1 Å². The summed E-state index contributed by atoms with van der Waals surface area (Å²) in [5, 5.41) is 7.67. The number of aryl methyl sites for hydroxylation is 1. The van der Waals surface area contributed by atoms with Gasteiger partial charge in [-0.25, -0.2) is 15.0 Å². The van der Waals surface area contributed by atoms with Crippen molar-refractivity contribution >= 4 is 34.5 Å². The van der Waals surface area contributed by atoms with Gasteiger partial charge in [-0.2, -0.15) is 9.78 Å². The van der Waals surface area contributed by atoms with Crippen molar-refractivity contribution in [1.29, 1.82) is 0 Å². The van der Waals surface area contributed by atoms with E-state index in [1.807, 2.05) is 38.1 Å². The van der Waals surface area contributed by atoms with E-state index in [0.29, 0.717) is 40.6 Å². The molecular formula is C22H20N8O2. The topological polar surface area (TPSA) is 122 Å². The van der Waals surface area contributed by atoms with Gasteiger partial charge in [0.1, 0.15) is 23.1 Å². The second-order valence-electron chi connectivity index (χ2n) is 8.12. The second-order valence-corrected chi connectivity index (χ2v) is 8.12. The molecule has 1 spiro atoms. The Morgan fingerprint density at radius 2 is 2.00 bits per heavy atom. The molecular weight excluding hydrogens is 408 g/mol. The first-order chi connectivity index (χ1) is 15.6. The third kappa shape index (κ3) is 2.23. The number of rotatable bonds is 3. The molecule has 4 aromatic rings. The first-order valence-electron chi connectivity index (χ1n) is 10.5. The summed E-state index contributed by atoms with van der Waals surface area (Å²) in [6, 6.07) is 7.72. The lowest BCUT2D eigenvalue weighted by Gasteiger charge is -2.33. The van der Waals surface area contributed by atoms with Gasteiger partial charge in [0.05, 0.1) is 12.0 Å². The van der Waals surface area contributed by atoms with Gasteiger partial charge in [-0.15, -0.1) is 0 Å². The summed E-state index contributed by atoms with van der Waals surface area (Å²) < 4.78 is 1.57. The Labute approximate surface area is 182 Å². The average Bonchev–Trinajstić information content (AvgIpc) is 3.46. The quantitative estimate of drug-likeness (QED) is 0.516. The van der Waals surface area contributed by atoms with Gasteiger partial charge in [0.15, 0.2) is 11.5 Å². The number of hydrogen-bond donors (Lipinski definition) is 2. The minimum Gasteiger partial charge on any atom is -0.340 e. The molecule has 5 heterocycles. The largest absolute Gasteiger partial charge is 0.340 e. The molecule has 10 heteroatoms. The lowest BCUT2D eigenvalue weighted by atomic mass is 9.70. The van der Waals surface area contributed by atoms with E-state index < -0.39 is 5.41 Å². The molecule has 0 radical (unpaired) electrons. The van der Waals surface area contributed by atoms with Crippen LogP contribution >= 0.6 is 0 Å². The second kappa shape index (κ2) is 6.46. The number of nitrogens with one attached hydrogen (secondary N) is 2. The molecule has 0 aliphatic carbocycles. The molecule has 1 atom stereocenters. The lowest BCUT2D eigenvalue weighted by molar-refractivity contribution is -0.126. The van der Waals surface area contributed by atoms with Crippen LogP contribution in [0.5, 0.6) is 0 Å². The fourth-order valence-corrected chi connectivity index (χ4v) is 5.11. The zero-order chi connectivity index (χ0) is 22.0. The molecule has 3 aromatic heterocycles. The summed E-state index contributed by atoms with van der Waals surface area (Å²) in [4.78, 5) is 44.6. The molecule has 6 rings (SSSR count). The first-order valence-corrected chi connectivity index (χ1v) is 10.5. The molecule has 160 valence electrons. The summed E-state index contributed by atoms with van der Waals surface area (Å²) >= 11 is 0. The third-order valence-electron chi connectivity index (χ3n) is 6.29. The van der Waals surface area contributed by atoms with Crippen molar-refractivity contribution in [2.24, 2.45) is 0 Å². The molecule has 2 amide bonds. The number of nitrogens with zero attached hydrogens (tertiary/aromatic N) is 6. The van der Waals surface area contributed by atoms with Crippen LogP contribution in [0.25, 0.3) is 17.0 Å². The van der Waals surface area contributed by atoms with E-state index in [4.69, 9.17) is 5.10 Å². The molecule has 10 nitrogen and oxygen atoms in total. The predicted octanol–water partition coefficient (Wildman–Crippen LogP) is 2.23. The number of aromatic nitrogens is 6. The van der Waals surface area contributed by atoms with Crippen molar-refractivity contribution in [2.75, 3.05) is 16.8 Å². The zero-order valence-corrected chi connectivity index (χ0v) is 17.6. The molecule has 0 unspecified atom stereocenters. The third-order valence-corrected chi connectivity index (χ3v) is 6.29. The van der Waals surface area contributed by atoms with Crippen molar-refractivity contribution in [1.82, 2.24) is 29.7 Å². The number of amides is 2. The predicted molar refractivity (Wildman–Crippen MR) is 117 cm³/mol. The maximum absolute atomic E-state index is 14.0.